The van der Waals surface area contributed by atoms with Gasteiger partial charge in [0.25, 0.3) is 0 Å². The first-order valence-electron chi connectivity index (χ1n) is 11.0. The van der Waals surface area contributed by atoms with Crippen molar-refractivity contribution in [2.75, 3.05) is 37.9 Å². The summed E-state index contributed by atoms with van der Waals surface area (Å²) in [7, 11) is -0.882. The lowest BCUT2D eigenvalue weighted by Crippen LogP contribution is -2.51. The van der Waals surface area contributed by atoms with Gasteiger partial charge in [0, 0.05) is 13.1 Å². The summed E-state index contributed by atoms with van der Waals surface area (Å²) in [6.45, 7) is 3.56. The fourth-order valence-electron chi connectivity index (χ4n) is 3.37. The predicted molar refractivity (Wildman–Crippen MR) is 137 cm³/mol. The summed E-state index contributed by atoms with van der Waals surface area (Å²) in [5, 5.41) is 2.99. The van der Waals surface area contributed by atoms with Gasteiger partial charge in [-0.1, -0.05) is 30.7 Å². The Balaban J connectivity index is 2.41. The number of carbonyl (C=O) groups is 2. The SMILES string of the molecule is CCCNC(=O)C(C)N(Cc1cccc(OC)c1)C(=O)CN(c1ccc(OC)c(Cl)c1)S(C)(=O)=O. The van der Waals surface area contributed by atoms with Crippen LogP contribution in [0.1, 0.15) is 25.8 Å². The first-order chi connectivity index (χ1) is 16.5. The monoisotopic (exact) mass is 525 g/mol. The highest BCUT2D eigenvalue weighted by molar-refractivity contribution is 7.92. The number of methoxy groups -OCH3 is 2. The van der Waals surface area contributed by atoms with Crippen LogP contribution in [0.4, 0.5) is 5.69 Å². The van der Waals surface area contributed by atoms with Gasteiger partial charge in [-0.2, -0.15) is 0 Å². The van der Waals surface area contributed by atoms with Crippen LogP contribution in [-0.4, -0.2) is 64.7 Å². The topological polar surface area (TPSA) is 105 Å². The first kappa shape index (κ1) is 28.3. The molecule has 2 aromatic carbocycles. The van der Waals surface area contributed by atoms with Gasteiger partial charge in [0.1, 0.15) is 24.1 Å². The van der Waals surface area contributed by atoms with Crippen molar-refractivity contribution in [1.29, 1.82) is 0 Å². The largest absolute Gasteiger partial charge is 0.497 e. The van der Waals surface area contributed by atoms with Crippen molar-refractivity contribution < 1.29 is 27.5 Å². The summed E-state index contributed by atoms with van der Waals surface area (Å²) < 4.78 is 36.6. The molecule has 0 fully saturated rings. The zero-order valence-electron chi connectivity index (χ0n) is 20.6. The predicted octanol–water partition coefficient (Wildman–Crippen LogP) is 3.07. The number of hydrogen-bond acceptors (Lipinski definition) is 6. The van der Waals surface area contributed by atoms with Crippen LogP contribution in [0.2, 0.25) is 5.02 Å². The molecular formula is C24H32ClN3O6S. The quantitative estimate of drug-likeness (QED) is 0.456. The minimum atomic E-state index is -3.86. The number of rotatable bonds is 12. The van der Waals surface area contributed by atoms with Crippen LogP contribution in [0.5, 0.6) is 11.5 Å². The second-order valence-corrected chi connectivity index (χ2v) is 10.2. The maximum absolute atomic E-state index is 13.5. The van der Waals surface area contributed by atoms with Crippen molar-refractivity contribution in [1.82, 2.24) is 10.2 Å². The number of carbonyl (C=O) groups excluding carboxylic acids is 2. The van der Waals surface area contributed by atoms with Crippen molar-refractivity contribution in [3.63, 3.8) is 0 Å². The van der Waals surface area contributed by atoms with E-state index < -0.39 is 28.5 Å². The van der Waals surface area contributed by atoms with Crippen molar-refractivity contribution in [2.45, 2.75) is 32.9 Å². The van der Waals surface area contributed by atoms with Gasteiger partial charge in [-0.05, 0) is 49.2 Å². The molecule has 1 N–H and O–H groups in total. The molecule has 0 saturated heterocycles. The zero-order valence-corrected chi connectivity index (χ0v) is 22.1. The van der Waals surface area contributed by atoms with E-state index in [4.69, 9.17) is 21.1 Å². The molecule has 2 amide bonds. The van der Waals surface area contributed by atoms with Gasteiger partial charge >= 0.3 is 0 Å². The zero-order chi connectivity index (χ0) is 26.2. The molecule has 0 saturated carbocycles. The Morgan fingerprint density at radius 1 is 1.11 bits per heavy atom. The van der Waals surface area contributed by atoms with E-state index in [1.54, 1.807) is 31.2 Å². The Hall–Kier alpha value is -2.98. The number of anilines is 1. The van der Waals surface area contributed by atoms with E-state index in [0.29, 0.717) is 18.0 Å². The molecule has 192 valence electrons. The number of hydrogen-bond donors (Lipinski definition) is 1. The number of amides is 2. The molecule has 0 aliphatic carbocycles. The number of halogens is 1. The highest BCUT2D eigenvalue weighted by Crippen LogP contribution is 2.30. The number of benzene rings is 2. The average molecular weight is 526 g/mol. The minimum Gasteiger partial charge on any atom is -0.497 e. The van der Waals surface area contributed by atoms with Gasteiger partial charge in [-0.15, -0.1) is 0 Å². The summed E-state index contributed by atoms with van der Waals surface area (Å²) in [5.74, 6) is 0.0884. The van der Waals surface area contributed by atoms with E-state index in [2.05, 4.69) is 5.32 Å². The molecule has 0 radical (unpaired) electrons. The summed E-state index contributed by atoms with van der Waals surface area (Å²) in [6.07, 6.45) is 1.74. The molecule has 11 heteroatoms. The van der Waals surface area contributed by atoms with Gasteiger partial charge < -0.3 is 19.7 Å². The van der Waals surface area contributed by atoms with E-state index in [1.165, 1.54) is 37.3 Å². The molecule has 1 unspecified atom stereocenters. The third kappa shape index (κ3) is 7.76. The summed E-state index contributed by atoms with van der Waals surface area (Å²) in [6, 6.07) is 10.7. The average Bonchev–Trinajstić information content (AvgIpc) is 2.83. The standard InChI is InChI=1S/C24H32ClN3O6S/c1-6-12-26-24(30)17(2)27(15-18-8-7-9-20(13-18)33-3)23(29)16-28(35(5,31)32)19-10-11-22(34-4)21(25)14-19/h7-11,13-14,17H,6,12,15-16H2,1-5H3,(H,26,30). The lowest BCUT2D eigenvalue weighted by Gasteiger charge is -2.31. The van der Waals surface area contributed by atoms with Crippen LogP contribution in [-0.2, 0) is 26.2 Å². The Morgan fingerprint density at radius 3 is 2.40 bits per heavy atom. The van der Waals surface area contributed by atoms with Crippen LogP contribution in [0.25, 0.3) is 0 Å². The lowest BCUT2D eigenvalue weighted by atomic mass is 10.1. The van der Waals surface area contributed by atoms with Gasteiger partial charge in [0.15, 0.2) is 0 Å². The molecule has 2 aromatic rings. The minimum absolute atomic E-state index is 0.0811. The Kier molecular flexibility index (Phi) is 10.2. The molecule has 0 aromatic heterocycles. The third-order valence-corrected chi connectivity index (χ3v) is 6.74. The molecule has 35 heavy (non-hydrogen) atoms. The second-order valence-electron chi connectivity index (χ2n) is 7.93. The number of nitrogens with one attached hydrogen (secondary N) is 1. The maximum atomic E-state index is 13.5. The van der Waals surface area contributed by atoms with Crippen LogP contribution < -0.4 is 19.1 Å². The van der Waals surface area contributed by atoms with Crippen molar-refractivity contribution in [2.24, 2.45) is 0 Å². The van der Waals surface area contributed by atoms with Crippen molar-refractivity contribution in [3.8, 4) is 11.5 Å². The fourth-order valence-corrected chi connectivity index (χ4v) is 4.46. The van der Waals surface area contributed by atoms with E-state index in [-0.39, 0.29) is 23.2 Å². The molecule has 0 spiro atoms. The normalized spacial score (nSPS) is 11.9. The summed E-state index contributed by atoms with van der Waals surface area (Å²) in [5.41, 5.74) is 0.933. The van der Waals surface area contributed by atoms with E-state index in [1.807, 2.05) is 6.92 Å². The van der Waals surface area contributed by atoms with E-state index >= 15 is 0 Å². The molecule has 0 aliphatic heterocycles. The summed E-state index contributed by atoms with van der Waals surface area (Å²) >= 11 is 6.19. The second kappa shape index (κ2) is 12.6. The van der Waals surface area contributed by atoms with Crippen molar-refractivity contribution in [3.05, 3.63) is 53.1 Å². The van der Waals surface area contributed by atoms with Crippen LogP contribution in [0.3, 0.4) is 0 Å². The van der Waals surface area contributed by atoms with Gasteiger partial charge in [-0.3, -0.25) is 13.9 Å². The third-order valence-electron chi connectivity index (χ3n) is 5.31. The molecule has 1 atom stereocenters. The Labute approximate surface area is 212 Å². The molecule has 2 rings (SSSR count). The van der Waals surface area contributed by atoms with Crippen LogP contribution in [0.15, 0.2) is 42.5 Å². The van der Waals surface area contributed by atoms with Crippen molar-refractivity contribution >= 4 is 39.1 Å². The number of ether oxygens (including phenoxy) is 2. The highest BCUT2D eigenvalue weighted by Gasteiger charge is 2.30. The van der Waals surface area contributed by atoms with Gasteiger partial charge in [0.2, 0.25) is 21.8 Å². The number of nitrogens with zero attached hydrogens (tertiary/aromatic N) is 2. The Morgan fingerprint density at radius 2 is 1.83 bits per heavy atom. The summed E-state index contributed by atoms with van der Waals surface area (Å²) in [4.78, 5) is 27.6. The highest BCUT2D eigenvalue weighted by atomic mass is 35.5. The molecule has 0 aliphatic rings. The molecule has 0 heterocycles. The number of sulfonamides is 1. The fraction of sp³-hybridized carbons (Fsp3) is 0.417. The molecular weight excluding hydrogens is 494 g/mol. The lowest BCUT2D eigenvalue weighted by molar-refractivity contribution is -0.139. The van der Waals surface area contributed by atoms with Gasteiger partial charge in [-0.25, -0.2) is 8.42 Å². The van der Waals surface area contributed by atoms with Crippen LogP contribution in [0, 0.1) is 0 Å². The Bertz CT molecular complexity index is 1140. The smallest absolute Gasteiger partial charge is 0.244 e. The van der Waals surface area contributed by atoms with E-state index in [9.17, 15) is 18.0 Å². The molecule has 9 nitrogen and oxygen atoms in total. The van der Waals surface area contributed by atoms with Gasteiger partial charge in [0.05, 0.1) is 31.2 Å². The van der Waals surface area contributed by atoms with E-state index in [0.717, 1.165) is 22.5 Å². The first-order valence-corrected chi connectivity index (χ1v) is 13.3. The molecule has 0 bridgehead atoms. The maximum Gasteiger partial charge on any atom is 0.244 e. The van der Waals surface area contributed by atoms with Crippen LogP contribution >= 0.6 is 11.6 Å².